The lowest BCUT2D eigenvalue weighted by molar-refractivity contribution is -0.130. The first-order chi connectivity index (χ1) is 11.5. The monoisotopic (exact) mass is 371 g/mol. The number of amides is 2. The highest BCUT2D eigenvalue weighted by Crippen LogP contribution is 2.27. The summed E-state index contributed by atoms with van der Waals surface area (Å²) in [5, 5.41) is 6.08. The number of halogens is 1. The van der Waals surface area contributed by atoms with Gasteiger partial charge in [-0.2, -0.15) is 0 Å². The summed E-state index contributed by atoms with van der Waals surface area (Å²) in [4.78, 5) is 25.3. The average molecular weight is 372 g/mol. The van der Waals surface area contributed by atoms with Crippen LogP contribution in [0.15, 0.2) is 24.3 Å². The number of likely N-dealkylation sites (N-methyl/N-ethyl adjacent to an activating group) is 1. The van der Waals surface area contributed by atoms with Gasteiger partial charge in [0.25, 0.3) is 5.91 Å². The number of nitrogens with zero attached hydrogens (tertiary/aromatic N) is 1. The van der Waals surface area contributed by atoms with Gasteiger partial charge in [-0.3, -0.25) is 9.59 Å². The third-order valence-corrected chi connectivity index (χ3v) is 3.72. The van der Waals surface area contributed by atoms with Crippen LogP contribution in [0.4, 0.5) is 0 Å². The van der Waals surface area contributed by atoms with E-state index in [1.165, 1.54) is 4.90 Å². The van der Waals surface area contributed by atoms with Gasteiger partial charge in [0.2, 0.25) is 5.91 Å². The third-order valence-electron chi connectivity index (χ3n) is 3.72. The minimum absolute atomic E-state index is 0. The minimum Gasteiger partial charge on any atom is -0.483 e. The lowest BCUT2D eigenvalue weighted by Crippen LogP contribution is -2.30. The van der Waals surface area contributed by atoms with E-state index in [0.717, 1.165) is 24.9 Å². The zero-order valence-corrected chi connectivity index (χ0v) is 16.3. The number of benzene rings is 1. The van der Waals surface area contributed by atoms with Gasteiger partial charge in [0.05, 0.1) is 6.04 Å². The summed E-state index contributed by atoms with van der Waals surface area (Å²) < 4.78 is 5.67. The number of hydrogen-bond donors (Lipinski definition) is 2. The molecule has 0 aliphatic rings. The van der Waals surface area contributed by atoms with Crippen molar-refractivity contribution in [3.63, 3.8) is 0 Å². The maximum absolute atomic E-state index is 12.1. The first kappa shape index (κ1) is 23.2. The van der Waals surface area contributed by atoms with E-state index in [2.05, 4.69) is 10.6 Å². The van der Waals surface area contributed by atoms with Crippen molar-refractivity contribution >= 4 is 24.2 Å². The van der Waals surface area contributed by atoms with Crippen LogP contribution < -0.4 is 15.4 Å². The molecule has 0 heterocycles. The first-order valence-electron chi connectivity index (χ1n) is 8.35. The Kier molecular flexibility index (Phi) is 11.7. The van der Waals surface area contributed by atoms with Gasteiger partial charge in [-0.05, 0) is 32.5 Å². The molecule has 25 heavy (non-hydrogen) atoms. The summed E-state index contributed by atoms with van der Waals surface area (Å²) in [6.45, 7) is 2.81. The molecule has 0 bridgehead atoms. The van der Waals surface area contributed by atoms with Crippen molar-refractivity contribution in [3.05, 3.63) is 29.8 Å². The molecular weight excluding hydrogens is 342 g/mol. The van der Waals surface area contributed by atoms with E-state index < -0.39 is 0 Å². The molecule has 1 atom stereocenters. The Balaban J connectivity index is 0.00000576. The first-order valence-corrected chi connectivity index (χ1v) is 8.35. The van der Waals surface area contributed by atoms with Crippen LogP contribution in [0.2, 0.25) is 0 Å². The molecular formula is C18H30ClN3O3. The van der Waals surface area contributed by atoms with Crippen LogP contribution in [0.25, 0.3) is 0 Å². The molecule has 0 saturated carbocycles. The Morgan fingerprint density at radius 1 is 1.24 bits per heavy atom. The minimum atomic E-state index is -0.127. The highest BCUT2D eigenvalue weighted by molar-refractivity contribution is 5.85. The second-order valence-electron chi connectivity index (χ2n) is 5.85. The van der Waals surface area contributed by atoms with Gasteiger partial charge in [-0.25, -0.2) is 0 Å². The molecule has 2 N–H and O–H groups in total. The van der Waals surface area contributed by atoms with Gasteiger partial charge >= 0.3 is 0 Å². The van der Waals surface area contributed by atoms with E-state index in [1.54, 1.807) is 14.1 Å². The van der Waals surface area contributed by atoms with Gasteiger partial charge in [0.1, 0.15) is 5.75 Å². The van der Waals surface area contributed by atoms with Crippen LogP contribution in [0.5, 0.6) is 5.75 Å². The van der Waals surface area contributed by atoms with Crippen LogP contribution in [-0.2, 0) is 9.59 Å². The van der Waals surface area contributed by atoms with Crippen molar-refractivity contribution < 1.29 is 14.3 Å². The Morgan fingerprint density at radius 2 is 1.92 bits per heavy atom. The molecule has 1 unspecified atom stereocenters. The molecule has 1 aromatic carbocycles. The zero-order chi connectivity index (χ0) is 17.9. The molecule has 2 amide bonds. The maximum Gasteiger partial charge on any atom is 0.259 e. The number of para-hydroxylation sites is 1. The summed E-state index contributed by atoms with van der Waals surface area (Å²) in [7, 11) is 5.25. The van der Waals surface area contributed by atoms with Crippen LogP contribution in [0.3, 0.4) is 0 Å². The van der Waals surface area contributed by atoms with Crippen molar-refractivity contribution in [3.8, 4) is 5.75 Å². The van der Waals surface area contributed by atoms with Crippen LogP contribution in [0, 0.1) is 0 Å². The molecule has 142 valence electrons. The summed E-state index contributed by atoms with van der Waals surface area (Å²) in [5.74, 6) is 0.556. The fourth-order valence-corrected chi connectivity index (χ4v) is 2.26. The summed E-state index contributed by atoms with van der Waals surface area (Å²) in [6.07, 6.45) is 2.04. The molecule has 1 aromatic rings. The van der Waals surface area contributed by atoms with E-state index in [9.17, 15) is 9.59 Å². The quantitative estimate of drug-likeness (QED) is 0.618. The Morgan fingerprint density at radius 3 is 2.52 bits per heavy atom. The SMILES string of the molecule is CCC(NC(=O)CCCNC)c1ccccc1OCC(=O)N(C)C.Cl. The van der Waals surface area contributed by atoms with E-state index in [1.807, 2.05) is 38.2 Å². The van der Waals surface area contributed by atoms with Gasteiger partial charge in [0, 0.05) is 26.1 Å². The number of carbonyl (C=O) groups excluding carboxylic acids is 2. The fraction of sp³-hybridized carbons (Fsp3) is 0.556. The van der Waals surface area contributed by atoms with Gasteiger partial charge in [-0.15, -0.1) is 12.4 Å². The van der Waals surface area contributed by atoms with E-state index in [4.69, 9.17) is 4.74 Å². The largest absolute Gasteiger partial charge is 0.483 e. The molecule has 0 aliphatic carbocycles. The van der Waals surface area contributed by atoms with Gasteiger partial charge in [0.15, 0.2) is 6.61 Å². The number of rotatable bonds is 10. The molecule has 7 heteroatoms. The Bertz CT molecular complexity index is 538. The third kappa shape index (κ3) is 8.23. The van der Waals surface area contributed by atoms with Crippen LogP contribution >= 0.6 is 12.4 Å². The predicted molar refractivity (Wildman–Crippen MR) is 102 cm³/mol. The summed E-state index contributed by atoms with van der Waals surface area (Å²) in [6, 6.07) is 7.40. The smallest absolute Gasteiger partial charge is 0.259 e. The molecule has 0 aromatic heterocycles. The number of nitrogens with one attached hydrogen (secondary N) is 2. The molecule has 0 saturated heterocycles. The topological polar surface area (TPSA) is 70.7 Å². The molecule has 6 nitrogen and oxygen atoms in total. The second-order valence-corrected chi connectivity index (χ2v) is 5.85. The predicted octanol–water partition coefficient (Wildman–Crippen LogP) is 2.14. The normalized spacial score (nSPS) is 11.2. The highest BCUT2D eigenvalue weighted by Gasteiger charge is 2.17. The molecule has 0 radical (unpaired) electrons. The lowest BCUT2D eigenvalue weighted by atomic mass is 10.0. The van der Waals surface area contributed by atoms with Crippen molar-refractivity contribution in [1.82, 2.24) is 15.5 Å². The summed E-state index contributed by atoms with van der Waals surface area (Å²) in [5.41, 5.74) is 0.897. The van der Waals surface area contributed by atoms with Crippen LogP contribution in [0.1, 0.15) is 37.8 Å². The fourth-order valence-electron chi connectivity index (χ4n) is 2.26. The molecule has 0 aliphatic heterocycles. The van der Waals surface area contributed by atoms with Crippen molar-refractivity contribution in [1.29, 1.82) is 0 Å². The van der Waals surface area contributed by atoms with Crippen molar-refractivity contribution in [2.24, 2.45) is 0 Å². The molecule has 0 spiro atoms. The van der Waals surface area contributed by atoms with Crippen molar-refractivity contribution in [2.75, 3.05) is 34.3 Å². The molecule has 1 rings (SSSR count). The highest BCUT2D eigenvalue weighted by atomic mass is 35.5. The van der Waals surface area contributed by atoms with Crippen molar-refractivity contribution in [2.45, 2.75) is 32.2 Å². The Hall–Kier alpha value is -1.79. The van der Waals surface area contributed by atoms with E-state index in [-0.39, 0.29) is 36.9 Å². The van der Waals surface area contributed by atoms with Gasteiger partial charge in [-0.1, -0.05) is 25.1 Å². The van der Waals surface area contributed by atoms with Gasteiger partial charge < -0.3 is 20.3 Å². The number of ether oxygens (including phenoxy) is 1. The second kappa shape index (κ2) is 12.6. The lowest BCUT2D eigenvalue weighted by Gasteiger charge is -2.21. The number of carbonyl (C=O) groups is 2. The average Bonchev–Trinajstić information content (AvgIpc) is 2.58. The van der Waals surface area contributed by atoms with E-state index in [0.29, 0.717) is 12.2 Å². The summed E-state index contributed by atoms with van der Waals surface area (Å²) >= 11 is 0. The van der Waals surface area contributed by atoms with E-state index >= 15 is 0 Å². The molecule has 0 fully saturated rings. The maximum atomic E-state index is 12.1. The van der Waals surface area contributed by atoms with Crippen LogP contribution in [-0.4, -0.2) is 51.0 Å². The standard InChI is InChI=1S/C18H29N3O3.ClH/c1-5-15(20-17(22)11-8-12-19-2)14-9-6-7-10-16(14)24-13-18(23)21(3)4;/h6-7,9-10,15,19H,5,8,11-13H2,1-4H3,(H,20,22);1H. The zero-order valence-electron chi connectivity index (χ0n) is 15.5. The number of hydrogen-bond acceptors (Lipinski definition) is 4. The Labute approximate surface area is 156 Å².